The van der Waals surface area contributed by atoms with Gasteiger partial charge in [-0.3, -0.25) is 14.4 Å². The number of halogens is 1. The van der Waals surface area contributed by atoms with Gasteiger partial charge in [-0.15, -0.1) is 0 Å². The number of hydrogen-bond acceptors (Lipinski definition) is 6. The lowest BCUT2D eigenvalue weighted by atomic mass is 9.78. The summed E-state index contributed by atoms with van der Waals surface area (Å²) in [5.74, 6) is -2.73. The fourth-order valence-corrected chi connectivity index (χ4v) is 5.87. The molecule has 0 radical (unpaired) electrons. The molecule has 1 aromatic carbocycles. The molecule has 4 heterocycles. The smallest absolute Gasteiger partial charge is 0.312 e. The molecule has 2 amide bonds. The van der Waals surface area contributed by atoms with Crippen LogP contribution in [0.2, 0.25) is 5.02 Å². The van der Waals surface area contributed by atoms with Gasteiger partial charge in [-0.05, 0) is 49.9 Å². The van der Waals surface area contributed by atoms with E-state index in [1.807, 2.05) is 18.2 Å². The molecule has 2 saturated heterocycles. The standard InChI is InChI=1S/C26H29ClN2O6/c27-17-8-10-18(11-9-17)28-14-6-12-26-21(20-19(35-26)7-2-1-5-16-34-25(20)33)23(31)29(13-3-4-15-30)22(26)24(28)32/h2,6-12,19-22,30H,1,3-5,13-16H2/b7-2-/t19-,20+,21+,22?,26+/m1/s1. The molecule has 1 aromatic rings. The van der Waals surface area contributed by atoms with Crippen LogP contribution in [0.3, 0.4) is 0 Å². The molecule has 186 valence electrons. The van der Waals surface area contributed by atoms with Gasteiger partial charge in [-0.25, -0.2) is 0 Å². The van der Waals surface area contributed by atoms with Crippen LogP contribution in [0.5, 0.6) is 0 Å². The van der Waals surface area contributed by atoms with Gasteiger partial charge in [0.05, 0.1) is 18.6 Å². The number of allylic oxidation sites excluding steroid dienone is 1. The first-order valence-corrected chi connectivity index (χ1v) is 12.5. The highest BCUT2D eigenvalue weighted by molar-refractivity contribution is 6.30. The largest absolute Gasteiger partial charge is 0.465 e. The zero-order chi connectivity index (χ0) is 24.6. The van der Waals surface area contributed by atoms with Gasteiger partial charge in [0.1, 0.15) is 17.6 Å². The van der Waals surface area contributed by atoms with Crippen LogP contribution in [0.15, 0.2) is 48.6 Å². The Balaban J connectivity index is 1.58. The number of amides is 2. The first-order valence-electron chi connectivity index (χ1n) is 12.1. The lowest BCUT2D eigenvalue weighted by Gasteiger charge is -2.35. The Kier molecular flexibility index (Phi) is 6.70. The minimum absolute atomic E-state index is 0.00959. The van der Waals surface area contributed by atoms with E-state index >= 15 is 0 Å². The summed E-state index contributed by atoms with van der Waals surface area (Å²) in [6.07, 6.45) is 9.25. The highest BCUT2D eigenvalue weighted by Crippen LogP contribution is 2.53. The number of rotatable bonds is 5. The number of carbonyl (C=O) groups is 3. The number of benzene rings is 1. The van der Waals surface area contributed by atoms with E-state index in [1.54, 1.807) is 40.1 Å². The van der Waals surface area contributed by atoms with Crippen LogP contribution in [0.4, 0.5) is 5.69 Å². The van der Waals surface area contributed by atoms with Gasteiger partial charge >= 0.3 is 5.97 Å². The van der Waals surface area contributed by atoms with Gasteiger partial charge in [0.2, 0.25) is 5.91 Å². The molecule has 1 spiro atoms. The summed E-state index contributed by atoms with van der Waals surface area (Å²) in [4.78, 5) is 44.3. The molecule has 4 aliphatic rings. The number of carbonyl (C=O) groups excluding carboxylic acids is 3. The molecule has 35 heavy (non-hydrogen) atoms. The van der Waals surface area contributed by atoms with Crippen molar-refractivity contribution in [1.82, 2.24) is 4.90 Å². The third kappa shape index (κ3) is 4.07. The van der Waals surface area contributed by atoms with Crippen molar-refractivity contribution in [1.29, 1.82) is 0 Å². The zero-order valence-electron chi connectivity index (χ0n) is 19.3. The zero-order valence-corrected chi connectivity index (χ0v) is 20.1. The van der Waals surface area contributed by atoms with Crippen LogP contribution in [0, 0.1) is 11.8 Å². The molecule has 4 aliphatic heterocycles. The topological polar surface area (TPSA) is 96.4 Å². The van der Waals surface area contributed by atoms with E-state index in [0.717, 1.165) is 6.42 Å². The van der Waals surface area contributed by atoms with Crippen molar-refractivity contribution in [3.63, 3.8) is 0 Å². The number of cyclic esters (lactones) is 1. The minimum Gasteiger partial charge on any atom is -0.465 e. The van der Waals surface area contributed by atoms with E-state index in [1.165, 1.54) is 0 Å². The van der Waals surface area contributed by atoms with Crippen LogP contribution < -0.4 is 4.90 Å². The Hall–Kier alpha value is -2.68. The number of aliphatic hydroxyl groups is 1. The average molecular weight is 501 g/mol. The lowest BCUT2D eigenvalue weighted by molar-refractivity contribution is -0.154. The SMILES string of the molecule is O=C1OCCC/C=C\[C@H]2O[C@]34C=CCN(c5ccc(Cl)cc5)C(=O)C3N(CCCCO)C(=O)[C@@H]4[C@@H]12. The third-order valence-electron chi connectivity index (χ3n) is 7.30. The second-order valence-electron chi connectivity index (χ2n) is 9.37. The van der Waals surface area contributed by atoms with Crippen molar-refractivity contribution < 1.29 is 29.0 Å². The summed E-state index contributed by atoms with van der Waals surface area (Å²) in [5.41, 5.74) is -0.626. The van der Waals surface area contributed by atoms with Crippen LogP contribution in [-0.4, -0.2) is 71.8 Å². The minimum atomic E-state index is -1.29. The summed E-state index contributed by atoms with van der Waals surface area (Å²) in [5, 5.41) is 9.84. The van der Waals surface area contributed by atoms with Gasteiger partial charge in [0, 0.05) is 30.4 Å². The van der Waals surface area contributed by atoms with Crippen LogP contribution in [0.1, 0.15) is 25.7 Å². The van der Waals surface area contributed by atoms with Gasteiger partial charge in [0.25, 0.3) is 5.91 Å². The molecule has 5 rings (SSSR count). The quantitative estimate of drug-likeness (QED) is 0.379. The number of hydrogen-bond donors (Lipinski definition) is 1. The number of likely N-dealkylation sites (tertiary alicyclic amines) is 1. The molecule has 1 unspecified atom stereocenters. The Labute approximate surface area is 209 Å². The Morgan fingerprint density at radius 1 is 1.09 bits per heavy atom. The maximum atomic E-state index is 14.1. The third-order valence-corrected chi connectivity index (χ3v) is 7.55. The highest BCUT2D eigenvalue weighted by atomic mass is 35.5. The molecule has 0 bridgehead atoms. The Morgan fingerprint density at radius 2 is 1.89 bits per heavy atom. The van der Waals surface area contributed by atoms with Crippen molar-refractivity contribution in [3.8, 4) is 0 Å². The average Bonchev–Trinajstić information content (AvgIpc) is 3.25. The van der Waals surface area contributed by atoms with E-state index in [-0.39, 0.29) is 31.6 Å². The number of unbranched alkanes of at least 4 members (excludes halogenated alkanes) is 1. The fraction of sp³-hybridized carbons (Fsp3) is 0.500. The highest BCUT2D eigenvalue weighted by Gasteiger charge is 2.71. The van der Waals surface area contributed by atoms with Crippen LogP contribution >= 0.6 is 11.6 Å². The van der Waals surface area contributed by atoms with E-state index in [9.17, 15) is 19.5 Å². The molecule has 0 aromatic heterocycles. The number of nitrogens with zero attached hydrogens (tertiary/aromatic N) is 2. The summed E-state index contributed by atoms with van der Waals surface area (Å²) in [6, 6.07) is 6.03. The van der Waals surface area contributed by atoms with Gasteiger partial charge < -0.3 is 24.4 Å². The van der Waals surface area contributed by atoms with Crippen LogP contribution in [0.25, 0.3) is 0 Å². The van der Waals surface area contributed by atoms with Crippen molar-refractivity contribution in [2.75, 3.05) is 31.2 Å². The van der Waals surface area contributed by atoms with E-state index in [0.29, 0.717) is 36.5 Å². The van der Waals surface area contributed by atoms with Gasteiger partial charge in [-0.1, -0.05) is 35.9 Å². The van der Waals surface area contributed by atoms with Crippen molar-refractivity contribution in [3.05, 3.63) is 53.6 Å². The lowest BCUT2D eigenvalue weighted by Crippen LogP contribution is -2.55. The van der Waals surface area contributed by atoms with E-state index < -0.39 is 35.6 Å². The predicted octanol–water partition coefficient (Wildman–Crippen LogP) is 2.49. The number of anilines is 1. The molecule has 0 saturated carbocycles. The fourth-order valence-electron chi connectivity index (χ4n) is 5.74. The molecule has 8 nitrogen and oxygen atoms in total. The molecular weight excluding hydrogens is 472 g/mol. The normalized spacial score (nSPS) is 33.3. The number of esters is 1. The molecular formula is C26H29ClN2O6. The van der Waals surface area contributed by atoms with Gasteiger partial charge in [0.15, 0.2) is 0 Å². The summed E-state index contributed by atoms with van der Waals surface area (Å²) in [6.45, 7) is 0.846. The number of aliphatic hydroxyl groups excluding tert-OH is 1. The van der Waals surface area contributed by atoms with E-state index in [4.69, 9.17) is 21.1 Å². The predicted molar refractivity (Wildman–Crippen MR) is 129 cm³/mol. The van der Waals surface area contributed by atoms with Crippen LogP contribution in [-0.2, 0) is 23.9 Å². The molecule has 1 N–H and O–H groups in total. The second kappa shape index (κ2) is 9.76. The van der Waals surface area contributed by atoms with Crippen molar-refractivity contribution in [2.45, 2.75) is 43.4 Å². The monoisotopic (exact) mass is 500 g/mol. The van der Waals surface area contributed by atoms with Crippen molar-refractivity contribution in [2.24, 2.45) is 11.8 Å². The number of fused-ring (bicyclic) bond motifs is 2. The Morgan fingerprint density at radius 3 is 2.66 bits per heavy atom. The molecule has 2 fully saturated rings. The summed E-state index contributed by atoms with van der Waals surface area (Å²) < 4.78 is 12.1. The van der Waals surface area contributed by atoms with Crippen molar-refractivity contribution >= 4 is 35.1 Å². The maximum Gasteiger partial charge on any atom is 0.312 e. The second-order valence-corrected chi connectivity index (χ2v) is 9.81. The van der Waals surface area contributed by atoms with Gasteiger partial charge in [-0.2, -0.15) is 0 Å². The summed E-state index contributed by atoms with van der Waals surface area (Å²) >= 11 is 6.05. The first kappa shape index (κ1) is 24.0. The summed E-state index contributed by atoms with van der Waals surface area (Å²) in [7, 11) is 0. The molecule has 9 heteroatoms. The molecule has 0 aliphatic carbocycles. The maximum absolute atomic E-state index is 14.1. The Bertz CT molecular complexity index is 1060. The van der Waals surface area contributed by atoms with E-state index in [2.05, 4.69) is 0 Å². The first-order chi connectivity index (χ1) is 17.0. The number of ether oxygens (including phenoxy) is 2. The molecule has 5 atom stereocenters.